The highest BCUT2D eigenvalue weighted by Gasteiger charge is 2.13. The maximum Gasteiger partial charge on any atom is 0.225 e. The van der Waals surface area contributed by atoms with Crippen LogP contribution < -0.4 is 5.32 Å². The Morgan fingerprint density at radius 1 is 1.12 bits per heavy atom. The molecule has 1 atom stereocenters. The molecule has 0 radical (unpaired) electrons. The van der Waals surface area contributed by atoms with Crippen LogP contribution in [-0.4, -0.2) is 19.5 Å². The van der Waals surface area contributed by atoms with Gasteiger partial charge in [0.05, 0.1) is 17.1 Å². The van der Waals surface area contributed by atoms with E-state index in [9.17, 15) is 0 Å². The van der Waals surface area contributed by atoms with Crippen molar-refractivity contribution in [2.75, 3.05) is 5.32 Å². The molecule has 126 valence electrons. The molecule has 1 aromatic carbocycles. The molecule has 4 rings (SSSR count). The zero-order valence-corrected chi connectivity index (χ0v) is 15.2. The fraction of sp³-hybridized carbons (Fsp3) is 0.211. The fourth-order valence-electron chi connectivity index (χ4n) is 3.04. The number of hydrogen-bond acceptors (Lipinski definition) is 5. The van der Waals surface area contributed by atoms with Crippen LogP contribution in [0.4, 0.5) is 5.95 Å². The Labute approximate surface area is 150 Å². The molecule has 0 spiro atoms. The van der Waals surface area contributed by atoms with Gasteiger partial charge in [0.15, 0.2) is 0 Å². The molecule has 4 aromatic rings. The first-order valence-electron chi connectivity index (χ1n) is 8.21. The number of imidazole rings is 1. The summed E-state index contributed by atoms with van der Waals surface area (Å²) >= 11 is 1.81. The lowest BCUT2D eigenvalue weighted by molar-refractivity contribution is 0.865. The van der Waals surface area contributed by atoms with E-state index in [0.29, 0.717) is 5.95 Å². The van der Waals surface area contributed by atoms with Gasteiger partial charge < -0.3 is 5.32 Å². The van der Waals surface area contributed by atoms with E-state index in [0.717, 1.165) is 16.9 Å². The van der Waals surface area contributed by atoms with Crippen molar-refractivity contribution < 1.29 is 0 Å². The van der Waals surface area contributed by atoms with Gasteiger partial charge in [0.25, 0.3) is 0 Å². The summed E-state index contributed by atoms with van der Waals surface area (Å²) in [5.41, 5.74) is 3.29. The van der Waals surface area contributed by atoms with Gasteiger partial charge >= 0.3 is 0 Å². The predicted molar refractivity (Wildman–Crippen MR) is 102 cm³/mol. The van der Waals surface area contributed by atoms with E-state index in [1.54, 1.807) is 12.5 Å². The second-order valence-corrected chi connectivity index (χ2v) is 7.40. The highest BCUT2D eigenvalue weighted by molar-refractivity contribution is 7.12. The molecule has 5 nitrogen and oxygen atoms in total. The van der Waals surface area contributed by atoms with Gasteiger partial charge in [-0.25, -0.2) is 9.97 Å². The Morgan fingerprint density at radius 3 is 2.76 bits per heavy atom. The molecule has 0 fully saturated rings. The Hall–Kier alpha value is -2.73. The molecule has 0 saturated carbocycles. The number of benzene rings is 1. The quantitative estimate of drug-likeness (QED) is 0.582. The second kappa shape index (κ2) is 6.29. The van der Waals surface area contributed by atoms with Gasteiger partial charge in [0, 0.05) is 16.0 Å². The molecular formula is C19H19N5S. The van der Waals surface area contributed by atoms with Gasteiger partial charge in [-0.3, -0.25) is 4.57 Å². The van der Waals surface area contributed by atoms with E-state index >= 15 is 0 Å². The Morgan fingerprint density at radius 2 is 1.96 bits per heavy atom. The third-order valence-corrected chi connectivity index (χ3v) is 5.49. The summed E-state index contributed by atoms with van der Waals surface area (Å²) in [6.07, 6.45) is 3.58. The first kappa shape index (κ1) is 15.8. The number of hydrogen-bond donors (Lipinski definition) is 1. The Balaban J connectivity index is 1.64. The van der Waals surface area contributed by atoms with E-state index in [4.69, 9.17) is 0 Å². The Kier molecular flexibility index (Phi) is 3.97. The summed E-state index contributed by atoms with van der Waals surface area (Å²) in [5.74, 6) is 1.42. The lowest BCUT2D eigenvalue weighted by atomic mass is 10.2. The predicted octanol–water partition coefficient (Wildman–Crippen LogP) is 4.67. The van der Waals surface area contributed by atoms with Crippen molar-refractivity contribution in [1.29, 1.82) is 0 Å². The summed E-state index contributed by atoms with van der Waals surface area (Å²) in [7, 11) is 0. The molecule has 0 bridgehead atoms. The molecule has 0 aliphatic heterocycles. The van der Waals surface area contributed by atoms with Crippen molar-refractivity contribution in [2.24, 2.45) is 0 Å². The van der Waals surface area contributed by atoms with Crippen LogP contribution in [0.5, 0.6) is 0 Å². The van der Waals surface area contributed by atoms with Gasteiger partial charge in [-0.1, -0.05) is 12.1 Å². The molecule has 3 aromatic heterocycles. The fourth-order valence-corrected chi connectivity index (χ4v) is 4.08. The van der Waals surface area contributed by atoms with Crippen molar-refractivity contribution in [2.45, 2.75) is 26.8 Å². The molecule has 1 N–H and O–H groups in total. The minimum atomic E-state index is 0.161. The molecule has 0 aliphatic rings. The number of nitrogens with one attached hydrogen (secondary N) is 1. The number of fused-ring (bicyclic) bond motifs is 1. The van der Waals surface area contributed by atoms with E-state index in [2.05, 4.69) is 47.1 Å². The summed E-state index contributed by atoms with van der Waals surface area (Å²) in [5, 5.41) is 3.42. The number of thiophene rings is 1. The summed E-state index contributed by atoms with van der Waals surface area (Å²) < 4.78 is 1.98. The standard InChI is InChI=1S/C19H19N5S/c1-12-10-13(2)25-18(12)14(3)22-19-20-9-8-17(23-19)24-11-21-15-6-4-5-7-16(15)24/h4-11,14H,1-3H3,(H,20,22,23). The van der Waals surface area contributed by atoms with Crippen LogP contribution in [0, 0.1) is 13.8 Å². The summed E-state index contributed by atoms with van der Waals surface area (Å²) in [6, 6.07) is 12.3. The molecular weight excluding hydrogens is 330 g/mol. The van der Waals surface area contributed by atoms with Crippen molar-refractivity contribution in [3.05, 3.63) is 64.2 Å². The highest BCUT2D eigenvalue weighted by atomic mass is 32.1. The van der Waals surface area contributed by atoms with Crippen LogP contribution in [-0.2, 0) is 0 Å². The molecule has 0 saturated heterocycles. The van der Waals surface area contributed by atoms with Crippen molar-refractivity contribution in [1.82, 2.24) is 19.5 Å². The maximum absolute atomic E-state index is 4.67. The van der Waals surface area contributed by atoms with E-state index in [-0.39, 0.29) is 6.04 Å². The van der Waals surface area contributed by atoms with Crippen LogP contribution in [0.3, 0.4) is 0 Å². The van der Waals surface area contributed by atoms with Crippen LogP contribution in [0.1, 0.15) is 28.3 Å². The van der Waals surface area contributed by atoms with Gasteiger partial charge in [-0.2, -0.15) is 4.98 Å². The van der Waals surface area contributed by atoms with E-state index in [1.807, 2.05) is 46.2 Å². The zero-order chi connectivity index (χ0) is 17.4. The number of aromatic nitrogens is 4. The lowest BCUT2D eigenvalue weighted by Crippen LogP contribution is -2.10. The minimum absolute atomic E-state index is 0.161. The van der Waals surface area contributed by atoms with Gasteiger partial charge in [-0.15, -0.1) is 11.3 Å². The van der Waals surface area contributed by atoms with E-state index < -0.39 is 0 Å². The van der Waals surface area contributed by atoms with Crippen LogP contribution in [0.2, 0.25) is 0 Å². The van der Waals surface area contributed by atoms with Crippen LogP contribution in [0.25, 0.3) is 16.9 Å². The average Bonchev–Trinajstić information content (AvgIpc) is 3.18. The molecule has 1 unspecified atom stereocenters. The molecule has 3 heterocycles. The summed E-state index contributed by atoms with van der Waals surface area (Å²) in [6.45, 7) is 6.42. The third-order valence-electron chi connectivity index (χ3n) is 4.16. The largest absolute Gasteiger partial charge is 0.347 e. The molecule has 25 heavy (non-hydrogen) atoms. The van der Waals surface area contributed by atoms with E-state index in [1.165, 1.54) is 15.3 Å². The number of nitrogens with zero attached hydrogens (tertiary/aromatic N) is 4. The monoisotopic (exact) mass is 349 g/mol. The average molecular weight is 349 g/mol. The normalized spacial score (nSPS) is 12.4. The molecule has 6 heteroatoms. The minimum Gasteiger partial charge on any atom is -0.347 e. The van der Waals surface area contributed by atoms with Crippen molar-refractivity contribution in [3.8, 4) is 5.82 Å². The van der Waals surface area contributed by atoms with Gasteiger partial charge in [0.2, 0.25) is 5.95 Å². The lowest BCUT2D eigenvalue weighted by Gasteiger charge is -2.14. The van der Waals surface area contributed by atoms with Gasteiger partial charge in [-0.05, 0) is 50.6 Å². The first-order chi connectivity index (χ1) is 12.1. The second-order valence-electron chi connectivity index (χ2n) is 6.11. The third kappa shape index (κ3) is 3.00. The topological polar surface area (TPSA) is 55.6 Å². The number of para-hydroxylation sites is 2. The molecule has 0 amide bonds. The summed E-state index contributed by atoms with van der Waals surface area (Å²) in [4.78, 5) is 16.1. The SMILES string of the molecule is Cc1cc(C)c(C(C)Nc2nccc(-n3cnc4ccccc43)n2)s1. The van der Waals surface area contributed by atoms with Crippen molar-refractivity contribution >= 4 is 28.3 Å². The highest BCUT2D eigenvalue weighted by Crippen LogP contribution is 2.29. The Bertz CT molecular complexity index is 1030. The van der Waals surface area contributed by atoms with Crippen LogP contribution >= 0.6 is 11.3 Å². The number of rotatable bonds is 4. The molecule has 0 aliphatic carbocycles. The van der Waals surface area contributed by atoms with Crippen LogP contribution in [0.15, 0.2) is 48.9 Å². The maximum atomic E-state index is 4.67. The number of aryl methyl sites for hydroxylation is 2. The van der Waals surface area contributed by atoms with Gasteiger partial charge in [0.1, 0.15) is 12.1 Å². The smallest absolute Gasteiger partial charge is 0.225 e. The van der Waals surface area contributed by atoms with Crippen molar-refractivity contribution in [3.63, 3.8) is 0 Å². The number of anilines is 1. The zero-order valence-electron chi connectivity index (χ0n) is 14.4. The first-order valence-corrected chi connectivity index (χ1v) is 9.02.